The van der Waals surface area contributed by atoms with E-state index in [1.165, 1.54) is 18.2 Å². The number of nitrogen functional groups attached to an aromatic ring is 1. The van der Waals surface area contributed by atoms with E-state index in [1.54, 1.807) is 13.3 Å². The number of ether oxygens (including phenoxy) is 1. The van der Waals surface area contributed by atoms with Crippen molar-refractivity contribution in [1.29, 1.82) is 0 Å². The molecular weight excluding hydrogens is 435 g/mol. The molecule has 0 aliphatic heterocycles. The smallest absolute Gasteiger partial charge is 0.179 e. The third kappa shape index (κ3) is 4.35. The van der Waals surface area contributed by atoms with Gasteiger partial charge in [0.15, 0.2) is 15.7 Å². The molecule has 156 valence electrons. The van der Waals surface area contributed by atoms with E-state index < -0.39 is 9.84 Å². The normalized spacial score (nSPS) is 13.1. The monoisotopic (exact) mass is 456 g/mol. The van der Waals surface area contributed by atoms with Crippen molar-refractivity contribution in [3.05, 3.63) is 45.8 Å². The van der Waals surface area contributed by atoms with Crippen LogP contribution in [-0.4, -0.2) is 35.8 Å². The molecule has 7 nitrogen and oxygen atoms in total. The van der Waals surface area contributed by atoms with E-state index in [9.17, 15) is 8.42 Å². The first kappa shape index (κ1) is 21.8. The third-order valence-electron chi connectivity index (χ3n) is 4.75. The van der Waals surface area contributed by atoms with Crippen molar-refractivity contribution in [2.24, 2.45) is 0 Å². The number of hydrogen-bond acceptors (Lipinski definition) is 6. The van der Waals surface area contributed by atoms with Gasteiger partial charge in [0.2, 0.25) is 0 Å². The number of fused-ring (bicyclic) bond motifs is 1. The SMILES string of the molecule is COC(C)c1nc2c(N)ncc(C)c2n1CCCS(=O)(=O)c1ccc(Cl)cc1Cl. The minimum absolute atomic E-state index is 0.0750. The van der Waals surface area contributed by atoms with Crippen LogP contribution >= 0.6 is 23.2 Å². The number of hydrogen-bond donors (Lipinski definition) is 1. The standard InChI is InChI=1S/C19H22Cl2N4O3S/c1-11-10-23-18(22)16-17(11)25(19(24-16)12(2)28-3)7-4-8-29(26,27)15-6-5-13(20)9-14(15)21/h5-6,9-10,12H,4,7-8H2,1-3H3,(H2,22,23). The number of sulfone groups is 1. The van der Waals surface area contributed by atoms with Gasteiger partial charge >= 0.3 is 0 Å². The Morgan fingerprint density at radius 3 is 2.69 bits per heavy atom. The molecule has 3 rings (SSSR count). The van der Waals surface area contributed by atoms with Gasteiger partial charge in [-0.25, -0.2) is 18.4 Å². The van der Waals surface area contributed by atoms with Gasteiger partial charge in [-0.05, 0) is 44.0 Å². The summed E-state index contributed by atoms with van der Waals surface area (Å²) < 4.78 is 32.9. The molecule has 1 unspecified atom stereocenters. The van der Waals surface area contributed by atoms with Crippen LogP contribution in [0.3, 0.4) is 0 Å². The second kappa shape index (κ2) is 8.47. The van der Waals surface area contributed by atoms with E-state index in [4.69, 9.17) is 33.7 Å². The highest BCUT2D eigenvalue weighted by Crippen LogP contribution is 2.29. The zero-order valence-corrected chi connectivity index (χ0v) is 18.6. The molecule has 2 aromatic heterocycles. The van der Waals surface area contributed by atoms with Gasteiger partial charge in [-0.1, -0.05) is 23.2 Å². The van der Waals surface area contributed by atoms with Gasteiger partial charge in [0.05, 0.1) is 21.2 Å². The number of aromatic nitrogens is 3. The van der Waals surface area contributed by atoms with Crippen molar-refractivity contribution >= 4 is 49.9 Å². The largest absolute Gasteiger partial charge is 0.382 e. The summed E-state index contributed by atoms with van der Waals surface area (Å²) in [5.74, 6) is 0.927. The van der Waals surface area contributed by atoms with E-state index in [1.807, 2.05) is 18.4 Å². The summed E-state index contributed by atoms with van der Waals surface area (Å²) in [6.07, 6.45) is 1.75. The number of rotatable bonds is 7. The molecule has 0 bridgehead atoms. The average molecular weight is 457 g/mol. The molecule has 2 heterocycles. The molecule has 1 atom stereocenters. The van der Waals surface area contributed by atoms with Crippen molar-refractivity contribution < 1.29 is 13.2 Å². The van der Waals surface area contributed by atoms with Gasteiger partial charge < -0.3 is 15.0 Å². The van der Waals surface area contributed by atoms with Crippen LogP contribution in [0.2, 0.25) is 10.0 Å². The molecule has 2 N–H and O–H groups in total. The van der Waals surface area contributed by atoms with Crippen LogP contribution in [-0.2, 0) is 21.1 Å². The molecule has 0 radical (unpaired) electrons. The van der Waals surface area contributed by atoms with E-state index in [2.05, 4.69) is 9.97 Å². The Morgan fingerprint density at radius 2 is 2.03 bits per heavy atom. The Kier molecular flexibility index (Phi) is 6.38. The highest BCUT2D eigenvalue weighted by Gasteiger charge is 2.22. The van der Waals surface area contributed by atoms with Crippen LogP contribution in [0.1, 0.15) is 30.8 Å². The lowest BCUT2D eigenvalue weighted by Crippen LogP contribution is -2.13. The molecule has 0 saturated heterocycles. The minimum Gasteiger partial charge on any atom is -0.382 e. The lowest BCUT2D eigenvalue weighted by Gasteiger charge is -2.14. The molecule has 10 heteroatoms. The molecule has 1 aromatic carbocycles. The quantitative estimate of drug-likeness (QED) is 0.571. The predicted octanol–water partition coefficient (Wildman–Crippen LogP) is 4.20. The highest BCUT2D eigenvalue weighted by molar-refractivity contribution is 7.91. The molecule has 0 aliphatic carbocycles. The first-order valence-corrected chi connectivity index (χ1v) is 11.4. The van der Waals surface area contributed by atoms with E-state index >= 15 is 0 Å². The summed E-state index contributed by atoms with van der Waals surface area (Å²) >= 11 is 11.9. The second-order valence-corrected chi connectivity index (χ2v) is 9.69. The summed E-state index contributed by atoms with van der Waals surface area (Å²) in [4.78, 5) is 8.85. The van der Waals surface area contributed by atoms with Crippen LogP contribution in [0, 0.1) is 6.92 Å². The van der Waals surface area contributed by atoms with Gasteiger partial charge in [-0.3, -0.25) is 0 Å². The van der Waals surface area contributed by atoms with Crippen molar-refractivity contribution in [2.75, 3.05) is 18.6 Å². The lowest BCUT2D eigenvalue weighted by molar-refractivity contribution is 0.109. The van der Waals surface area contributed by atoms with Gasteiger partial charge in [-0.2, -0.15) is 0 Å². The van der Waals surface area contributed by atoms with Crippen molar-refractivity contribution in [3.63, 3.8) is 0 Å². The van der Waals surface area contributed by atoms with Gasteiger partial charge in [0.25, 0.3) is 0 Å². The summed E-state index contributed by atoms with van der Waals surface area (Å²) in [6, 6.07) is 4.37. The van der Waals surface area contributed by atoms with Crippen LogP contribution in [0.15, 0.2) is 29.3 Å². The predicted molar refractivity (Wildman–Crippen MR) is 115 cm³/mol. The van der Waals surface area contributed by atoms with Gasteiger partial charge in [0, 0.05) is 24.9 Å². The van der Waals surface area contributed by atoms with Crippen molar-refractivity contribution in [3.8, 4) is 0 Å². The number of benzene rings is 1. The van der Waals surface area contributed by atoms with E-state index in [0.717, 1.165) is 11.1 Å². The second-order valence-electron chi connectivity index (χ2n) is 6.77. The summed E-state index contributed by atoms with van der Waals surface area (Å²) in [6.45, 7) is 4.22. The summed E-state index contributed by atoms with van der Waals surface area (Å²) in [7, 11) is -1.97. The first-order valence-electron chi connectivity index (χ1n) is 8.97. The van der Waals surface area contributed by atoms with Crippen LogP contribution < -0.4 is 5.73 Å². The Balaban J connectivity index is 1.91. The number of pyridine rings is 1. The molecule has 0 spiro atoms. The van der Waals surface area contributed by atoms with Crippen LogP contribution in [0.5, 0.6) is 0 Å². The molecule has 0 amide bonds. The number of halogens is 2. The molecule has 0 aliphatic rings. The van der Waals surface area contributed by atoms with Crippen molar-refractivity contribution in [1.82, 2.24) is 14.5 Å². The third-order valence-corrected chi connectivity index (χ3v) is 7.26. The van der Waals surface area contributed by atoms with Crippen LogP contribution in [0.25, 0.3) is 11.0 Å². The molecule has 3 aromatic rings. The maximum atomic E-state index is 12.7. The Morgan fingerprint density at radius 1 is 1.31 bits per heavy atom. The zero-order valence-electron chi connectivity index (χ0n) is 16.3. The Hall–Kier alpha value is -1.87. The number of anilines is 1. The number of aryl methyl sites for hydroxylation is 2. The molecular formula is C19H22Cl2N4O3S. The summed E-state index contributed by atoms with van der Waals surface area (Å²) in [5, 5.41) is 0.507. The fourth-order valence-electron chi connectivity index (χ4n) is 3.23. The maximum Gasteiger partial charge on any atom is 0.179 e. The Labute approximate surface area is 179 Å². The van der Waals surface area contributed by atoms with E-state index in [0.29, 0.717) is 35.1 Å². The lowest BCUT2D eigenvalue weighted by atomic mass is 10.2. The number of methoxy groups -OCH3 is 1. The number of imidazole rings is 1. The molecule has 29 heavy (non-hydrogen) atoms. The fourth-order valence-corrected chi connectivity index (χ4v) is 5.35. The highest BCUT2D eigenvalue weighted by atomic mass is 35.5. The van der Waals surface area contributed by atoms with Crippen LogP contribution in [0.4, 0.5) is 5.82 Å². The maximum absolute atomic E-state index is 12.7. The minimum atomic E-state index is -3.56. The van der Waals surface area contributed by atoms with E-state index in [-0.39, 0.29) is 21.8 Å². The first-order chi connectivity index (χ1) is 13.7. The summed E-state index contributed by atoms with van der Waals surface area (Å²) in [5.41, 5.74) is 8.33. The van der Waals surface area contributed by atoms with Crippen molar-refractivity contribution in [2.45, 2.75) is 37.8 Å². The topological polar surface area (TPSA) is 100 Å². The zero-order chi connectivity index (χ0) is 21.3. The molecule has 0 fully saturated rings. The fraction of sp³-hybridized carbons (Fsp3) is 0.368. The van der Waals surface area contributed by atoms with Gasteiger partial charge in [-0.15, -0.1) is 0 Å². The van der Waals surface area contributed by atoms with Gasteiger partial charge in [0.1, 0.15) is 17.4 Å². The number of nitrogens with two attached hydrogens (primary N) is 1. The molecule has 0 saturated carbocycles. The Bertz CT molecular complexity index is 1160. The average Bonchev–Trinajstić information content (AvgIpc) is 3.04. The number of nitrogens with zero attached hydrogens (tertiary/aromatic N) is 3.